The lowest BCUT2D eigenvalue weighted by Crippen LogP contribution is -2.39. The van der Waals surface area contributed by atoms with Gasteiger partial charge in [-0.05, 0) is 26.0 Å². The van der Waals surface area contributed by atoms with E-state index in [9.17, 15) is 20.0 Å². The number of nitrogens with zero attached hydrogens (tertiary/aromatic N) is 2. The maximum atomic E-state index is 12.3. The van der Waals surface area contributed by atoms with Gasteiger partial charge >= 0.3 is 0 Å². The van der Waals surface area contributed by atoms with Crippen molar-refractivity contribution in [2.45, 2.75) is 19.4 Å². The van der Waals surface area contributed by atoms with Crippen LogP contribution in [0.3, 0.4) is 0 Å². The van der Waals surface area contributed by atoms with Gasteiger partial charge in [-0.2, -0.15) is 0 Å². The van der Waals surface area contributed by atoms with Crippen molar-refractivity contribution in [2.24, 2.45) is 0 Å². The summed E-state index contributed by atoms with van der Waals surface area (Å²) in [6.45, 7) is 3.21. The van der Waals surface area contributed by atoms with E-state index in [1.165, 1.54) is 30.1 Å². The first-order chi connectivity index (χ1) is 9.15. The number of carbonyl (C=O) groups excluding carboxylic acids is 1. The lowest BCUT2D eigenvalue weighted by atomic mass is 10.1. The summed E-state index contributed by atoms with van der Waals surface area (Å²) < 4.78 is 0. The van der Waals surface area contributed by atoms with E-state index in [2.05, 4.69) is 5.32 Å². The standard InChI is InChI=1S/C13H19N3O4/c1-13(2,18)8-15(4)12(17)10-7-9(14-3)5-6-11(10)16(19)20/h5-7,14,18H,8H2,1-4H3. The van der Waals surface area contributed by atoms with E-state index < -0.39 is 16.4 Å². The molecule has 0 aliphatic rings. The molecule has 0 radical (unpaired) electrons. The van der Waals surface area contributed by atoms with Gasteiger partial charge in [0, 0.05) is 32.4 Å². The van der Waals surface area contributed by atoms with Crippen LogP contribution in [-0.2, 0) is 0 Å². The summed E-state index contributed by atoms with van der Waals surface area (Å²) >= 11 is 0. The summed E-state index contributed by atoms with van der Waals surface area (Å²) in [4.78, 5) is 24.0. The fourth-order valence-electron chi connectivity index (χ4n) is 1.88. The minimum atomic E-state index is -1.07. The predicted molar refractivity (Wildman–Crippen MR) is 75.9 cm³/mol. The Bertz CT molecular complexity index is 523. The quantitative estimate of drug-likeness (QED) is 0.629. The first-order valence-corrected chi connectivity index (χ1v) is 6.10. The Morgan fingerprint density at radius 2 is 2.10 bits per heavy atom. The Labute approximate surface area is 117 Å². The highest BCUT2D eigenvalue weighted by Crippen LogP contribution is 2.24. The zero-order valence-corrected chi connectivity index (χ0v) is 12.0. The Balaban J connectivity index is 3.16. The van der Waals surface area contributed by atoms with E-state index in [1.807, 2.05) is 0 Å². The average Bonchev–Trinajstić information content (AvgIpc) is 2.34. The molecule has 0 fully saturated rings. The molecule has 0 bridgehead atoms. The van der Waals surface area contributed by atoms with E-state index >= 15 is 0 Å². The van der Waals surface area contributed by atoms with Crippen molar-refractivity contribution < 1.29 is 14.8 Å². The van der Waals surface area contributed by atoms with Crippen LogP contribution in [0.4, 0.5) is 11.4 Å². The average molecular weight is 281 g/mol. The molecule has 0 aliphatic heterocycles. The van der Waals surface area contributed by atoms with Crippen molar-refractivity contribution in [3.8, 4) is 0 Å². The van der Waals surface area contributed by atoms with Crippen LogP contribution < -0.4 is 5.32 Å². The molecular weight excluding hydrogens is 262 g/mol. The number of benzene rings is 1. The lowest BCUT2D eigenvalue weighted by molar-refractivity contribution is -0.385. The van der Waals surface area contributed by atoms with Gasteiger partial charge in [0.1, 0.15) is 5.56 Å². The third-order valence-electron chi connectivity index (χ3n) is 2.68. The number of hydrogen-bond acceptors (Lipinski definition) is 5. The maximum absolute atomic E-state index is 12.3. The van der Waals surface area contributed by atoms with Crippen molar-refractivity contribution in [1.82, 2.24) is 4.90 Å². The fourth-order valence-corrected chi connectivity index (χ4v) is 1.88. The zero-order valence-electron chi connectivity index (χ0n) is 12.0. The van der Waals surface area contributed by atoms with Gasteiger partial charge in [0.2, 0.25) is 0 Å². The van der Waals surface area contributed by atoms with Gasteiger partial charge in [0.25, 0.3) is 11.6 Å². The molecule has 0 aliphatic carbocycles. The molecule has 0 aromatic heterocycles. The van der Waals surface area contributed by atoms with Gasteiger partial charge in [0.15, 0.2) is 0 Å². The third-order valence-corrected chi connectivity index (χ3v) is 2.68. The van der Waals surface area contributed by atoms with Crippen LogP contribution in [-0.4, -0.2) is 47.1 Å². The summed E-state index contributed by atoms with van der Waals surface area (Å²) in [6, 6.07) is 4.25. The summed E-state index contributed by atoms with van der Waals surface area (Å²) in [5.41, 5.74) is -0.722. The van der Waals surface area contributed by atoms with Crippen molar-refractivity contribution in [3.63, 3.8) is 0 Å². The molecule has 2 N–H and O–H groups in total. The number of anilines is 1. The van der Waals surface area contributed by atoms with Gasteiger partial charge < -0.3 is 15.3 Å². The number of amides is 1. The highest BCUT2D eigenvalue weighted by molar-refractivity contribution is 5.99. The Kier molecular flexibility index (Phi) is 4.67. The maximum Gasteiger partial charge on any atom is 0.282 e. The minimum Gasteiger partial charge on any atom is -0.389 e. The molecule has 1 rings (SSSR count). The first kappa shape index (κ1) is 15.9. The highest BCUT2D eigenvalue weighted by atomic mass is 16.6. The van der Waals surface area contributed by atoms with E-state index in [0.29, 0.717) is 5.69 Å². The number of hydrogen-bond donors (Lipinski definition) is 2. The van der Waals surface area contributed by atoms with Crippen LogP contribution in [0.1, 0.15) is 24.2 Å². The van der Waals surface area contributed by atoms with E-state index in [-0.39, 0.29) is 17.8 Å². The Morgan fingerprint density at radius 3 is 2.55 bits per heavy atom. The van der Waals surface area contributed by atoms with E-state index in [0.717, 1.165) is 0 Å². The van der Waals surface area contributed by atoms with Crippen molar-refractivity contribution in [2.75, 3.05) is 26.0 Å². The largest absolute Gasteiger partial charge is 0.389 e. The minimum absolute atomic E-state index is 0.00593. The van der Waals surface area contributed by atoms with Crippen LogP contribution in [0.15, 0.2) is 18.2 Å². The van der Waals surface area contributed by atoms with Crippen LogP contribution in [0.25, 0.3) is 0 Å². The number of aliphatic hydroxyl groups is 1. The number of carbonyl (C=O) groups is 1. The van der Waals surface area contributed by atoms with E-state index in [1.54, 1.807) is 20.9 Å². The Morgan fingerprint density at radius 1 is 1.50 bits per heavy atom. The molecule has 20 heavy (non-hydrogen) atoms. The highest BCUT2D eigenvalue weighted by Gasteiger charge is 2.26. The number of nitrogens with one attached hydrogen (secondary N) is 1. The summed E-state index contributed by atoms with van der Waals surface area (Å²) in [6.07, 6.45) is 0. The molecule has 0 saturated heterocycles. The monoisotopic (exact) mass is 281 g/mol. The lowest BCUT2D eigenvalue weighted by Gasteiger charge is -2.25. The van der Waals surface area contributed by atoms with Crippen molar-refractivity contribution in [3.05, 3.63) is 33.9 Å². The summed E-state index contributed by atoms with van der Waals surface area (Å²) in [7, 11) is 3.16. The molecule has 1 amide bonds. The number of likely N-dealkylation sites (N-methyl/N-ethyl adjacent to an activating group) is 1. The normalized spacial score (nSPS) is 11.1. The third kappa shape index (κ3) is 3.92. The number of nitro groups is 1. The predicted octanol–water partition coefficient (Wildman–Crippen LogP) is 1.48. The molecule has 110 valence electrons. The molecule has 0 spiro atoms. The van der Waals surface area contributed by atoms with Gasteiger partial charge in [0.05, 0.1) is 10.5 Å². The van der Waals surface area contributed by atoms with Crippen molar-refractivity contribution >= 4 is 17.3 Å². The molecule has 1 aromatic rings. The van der Waals surface area contributed by atoms with Crippen LogP contribution in [0.5, 0.6) is 0 Å². The number of nitro benzene ring substituents is 1. The fraction of sp³-hybridized carbons (Fsp3) is 0.462. The van der Waals surface area contributed by atoms with Crippen LogP contribution in [0, 0.1) is 10.1 Å². The molecule has 1 aromatic carbocycles. The second-order valence-corrected chi connectivity index (χ2v) is 5.21. The van der Waals surface area contributed by atoms with Crippen molar-refractivity contribution in [1.29, 1.82) is 0 Å². The van der Waals surface area contributed by atoms with Crippen LogP contribution in [0.2, 0.25) is 0 Å². The molecule has 7 nitrogen and oxygen atoms in total. The topological polar surface area (TPSA) is 95.7 Å². The molecule has 0 saturated carbocycles. The van der Waals surface area contributed by atoms with Crippen LogP contribution >= 0.6 is 0 Å². The molecule has 7 heteroatoms. The second kappa shape index (κ2) is 5.87. The zero-order chi connectivity index (χ0) is 15.5. The van der Waals surface area contributed by atoms with Gasteiger partial charge in [-0.1, -0.05) is 0 Å². The van der Waals surface area contributed by atoms with Gasteiger partial charge in [-0.15, -0.1) is 0 Å². The van der Waals surface area contributed by atoms with Gasteiger partial charge in [-0.25, -0.2) is 0 Å². The SMILES string of the molecule is CNc1ccc([N+](=O)[O-])c(C(=O)N(C)CC(C)(C)O)c1. The van der Waals surface area contributed by atoms with Gasteiger partial charge in [-0.3, -0.25) is 14.9 Å². The Hall–Kier alpha value is -2.15. The number of rotatable bonds is 5. The second-order valence-electron chi connectivity index (χ2n) is 5.21. The first-order valence-electron chi connectivity index (χ1n) is 6.10. The molecule has 0 unspecified atom stereocenters. The summed E-state index contributed by atoms with van der Waals surface area (Å²) in [5.74, 6) is -0.504. The molecule has 0 heterocycles. The smallest absolute Gasteiger partial charge is 0.282 e. The molecule has 0 atom stereocenters. The molecular formula is C13H19N3O4. The summed E-state index contributed by atoms with van der Waals surface area (Å²) in [5, 5.41) is 23.6. The van der Waals surface area contributed by atoms with E-state index in [4.69, 9.17) is 0 Å².